The first-order valence-electron chi connectivity index (χ1n) is 6.12. The van der Waals surface area contributed by atoms with Gasteiger partial charge in [0, 0.05) is 6.26 Å². The van der Waals surface area contributed by atoms with Gasteiger partial charge in [0.2, 0.25) is 0 Å². The maximum absolute atomic E-state index is 13.8. The number of aromatic nitrogens is 2. The fraction of sp³-hybridized carbons (Fsp3) is 0.154. The zero-order valence-corrected chi connectivity index (χ0v) is 12.0. The number of halogens is 2. The fourth-order valence-electron chi connectivity index (χ4n) is 2.18. The largest absolute Gasteiger partial charge is 0.346 e. The molecular weight excluding hydrogens is 316 g/mol. The topological polar surface area (TPSA) is 89.0 Å². The maximum Gasteiger partial charge on any atom is 0.256 e. The van der Waals surface area contributed by atoms with Crippen LogP contribution in [0, 0.1) is 11.6 Å². The van der Waals surface area contributed by atoms with E-state index in [-0.39, 0.29) is 17.8 Å². The van der Waals surface area contributed by atoms with Gasteiger partial charge < -0.3 is 5.32 Å². The van der Waals surface area contributed by atoms with Gasteiger partial charge in [-0.05, 0) is 12.1 Å². The van der Waals surface area contributed by atoms with Crippen molar-refractivity contribution in [3.05, 3.63) is 41.1 Å². The lowest BCUT2D eigenvalue weighted by Gasteiger charge is -2.08. The van der Waals surface area contributed by atoms with E-state index in [9.17, 15) is 22.0 Å². The van der Waals surface area contributed by atoms with Gasteiger partial charge in [-0.15, -0.1) is 0 Å². The average molecular weight is 325 g/mol. The van der Waals surface area contributed by atoms with Crippen LogP contribution in [-0.4, -0.2) is 30.5 Å². The number of sulfone groups is 1. The summed E-state index contributed by atoms with van der Waals surface area (Å²) in [6.07, 6.45) is 0.864. The number of amides is 1. The molecule has 1 aromatic carbocycles. The van der Waals surface area contributed by atoms with E-state index < -0.39 is 43.8 Å². The predicted octanol–water partition coefficient (Wildman–Crippen LogP) is 1.07. The number of benzene rings is 1. The molecule has 0 aliphatic carbocycles. The molecule has 2 aromatic rings. The summed E-state index contributed by atoms with van der Waals surface area (Å²) in [6, 6.07) is 3.20. The third-order valence-electron chi connectivity index (χ3n) is 3.13. The Balaban J connectivity index is 2.35. The Morgan fingerprint density at radius 1 is 1.14 bits per heavy atom. The minimum absolute atomic E-state index is 0.0255. The molecule has 6 nitrogen and oxygen atoms in total. The molecular formula is C13H9F2N3O3S. The third-order valence-corrected chi connectivity index (χ3v) is 4.13. The van der Waals surface area contributed by atoms with Crippen molar-refractivity contribution in [3.8, 4) is 11.4 Å². The van der Waals surface area contributed by atoms with Crippen LogP contribution in [0.1, 0.15) is 16.1 Å². The van der Waals surface area contributed by atoms with Crippen molar-refractivity contribution in [2.45, 2.75) is 11.6 Å². The highest BCUT2D eigenvalue weighted by atomic mass is 32.2. The van der Waals surface area contributed by atoms with Crippen molar-refractivity contribution >= 4 is 15.7 Å². The van der Waals surface area contributed by atoms with E-state index in [0.717, 1.165) is 18.4 Å². The molecule has 0 spiro atoms. The monoisotopic (exact) mass is 325 g/mol. The Labute approximate surface area is 124 Å². The van der Waals surface area contributed by atoms with Crippen LogP contribution >= 0.6 is 0 Å². The second kappa shape index (κ2) is 4.80. The number of nitrogens with zero attached hydrogens (tertiary/aromatic N) is 2. The van der Waals surface area contributed by atoms with Crippen LogP contribution in [0.25, 0.3) is 11.4 Å². The first kappa shape index (κ1) is 14.5. The highest BCUT2D eigenvalue weighted by molar-refractivity contribution is 7.90. The summed E-state index contributed by atoms with van der Waals surface area (Å²) >= 11 is 0. The zero-order chi connectivity index (χ0) is 16.1. The quantitative estimate of drug-likeness (QED) is 0.834. The molecule has 22 heavy (non-hydrogen) atoms. The van der Waals surface area contributed by atoms with Crippen LogP contribution in [0.4, 0.5) is 8.78 Å². The minimum atomic E-state index is -3.87. The number of carbonyl (C=O) groups excluding carboxylic acids is 1. The van der Waals surface area contributed by atoms with Crippen molar-refractivity contribution in [1.29, 1.82) is 0 Å². The number of nitrogens with one attached hydrogen (secondary N) is 1. The Kier molecular flexibility index (Phi) is 3.17. The van der Waals surface area contributed by atoms with Crippen LogP contribution in [0.2, 0.25) is 0 Å². The van der Waals surface area contributed by atoms with Crippen LogP contribution in [-0.2, 0) is 16.4 Å². The Hall–Kier alpha value is -2.42. The lowest BCUT2D eigenvalue weighted by Crippen LogP contribution is -2.16. The summed E-state index contributed by atoms with van der Waals surface area (Å²) < 4.78 is 51.3. The number of hydrogen-bond donors (Lipinski definition) is 1. The van der Waals surface area contributed by atoms with Gasteiger partial charge in [-0.3, -0.25) is 4.79 Å². The first-order valence-corrected chi connectivity index (χ1v) is 8.01. The van der Waals surface area contributed by atoms with Gasteiger partial charge in [0.1, 0.15) is 17.2 Å². The molecule has 114 valence electrons. The number of rotatable bonds is 2. The van der Waals surface area contributed by atoms with Gasteiger partial charge in [-0.25, -0.2) is 27.2 Å². The molecule has 3 rings (SSSR count). The second-order valence-corrected chi connectivity index (χ2v) is 6.66. The molecule has 0 radical (unpaired) electrons. The number of fused-ring (bicyclic) bond motifs is 1. The van der Waals surface area contributed by atoms with Gasteiger partial charge in [-0.2, -0.15) is 0 Å². The van der Waals surface area contributed by atoms with Crippen molar-refractivity contribution in [2.75, 3.05) is 6.26 Å². The van der Waals surface area contributed by atoms with Crippen LogP contribution in [0.15, 0.2) is 23.2 Å². The van der Waals surface area contributed by atoms with E-state index in [1.54, 1.807) is 0 Å². The number of hydrogen-bond acceptors (Lipinski definition) is 5. The van der Waals surface area contributed by atoms with Gasteiger partial charge in [0.25, 0.3) is 5.91 Å². The van der Waals surface area contributed by atoms with E-state index in [2.05, 4.69) is 15.3 Å². The molecule has 0 atom stereocenters. The lowest BCUT2D eigenvalue weighted by atomic mass is 10.1. The summed E-state index contributed by atoms with van der Waals surface area (Å²) in [7, 11) is -3.87. The van der Waals surface area contributed by atoms with E-state index in [1.165, 1.54) is 6.07 Å². The molecule has 0 fully saturated rings. The SMILES string of the molecule is CS(=O)(=O)c1nc(-c2c(F)cccc2F)nc2c1C(=O)NC2. The predicted molar refractivity (Wildman–Crippen MR) is 71.7 cm³/mol. The molecule has 1 amide bonds. The molecule has 0 unspecified atom stereocenters. The van der Waals surface area contributed by atoms with Crippen molar-refractivity contribution < 1.29 is 22.0 Å². The standard InChI is InChI=1S/C13H9F2N3O3S/c1-22(20,21)13-10-8(5-16-12(10)19)17-11(18-13)9-6(14)3-2-4-7(9)15/h2-4H,5H2,1H3,(H,16,19). The van der Waals surface area contributed by atoms with E-state index >= 15 is 0 Å². The van der Waals surface area contributed by atoms with Crippen molar-refractivity contribution in [2.24, 2.45) is 0 Å². The van der Waals surface area contributed by atoms with Crippen LogP contribution in [0.5, 0.6) is 0 Å². The molecule has 1 aromatic heterocycles. The van der Waals surface area contributed by atoms with Crippen LogP contribution < -0.4 is 5.32 Å². The van der Waals surface area contributed by atoms with Gasteiger partial charge in [0.15, 0.2) is 20.7 Å². The molecule has 9 heteroatoms. The first-order chi connectivity index (χ1) is 10.3. The van der Waals surface area contributed by atoms with E-state index in [0.29, 0.717) is 0 Å². The summed E-state index contributed by atoms with van der Waals surface area (Å²) in [4.78, 5) is 19.4. The molecule has 2 heterocycles. The summed E-state index contributed by atoms with van der Waals surface area (Å²) in [6.45, 7) is -0.0255. The smallest absolute Gasteiger partial charge is 0.256 e. The summed E-state index contributed by atoms with van der Waals surface area (Å²) in [5.74, 6) is -2.88. The highest BCUT2D eigenvalue weighted by Gasteiger charge is 2.31. The molecule has 0 bridgehead atoms. The lowest BCUT2D eigenvalue weighted by molar-refractivity contribution is 0.0962. The fourth-order valence-corrected chi connectivity index (χ4v) is 3.02. The third kappa shape index (κ3) is 2.23. The average Bonchev–Trinajstić information content (AvgIpc) is 2.78. The molecule has 1 aliphatic rings. The minimum Gasteiger partial charge on any atom is -0.346 e. The Morgan fingerprint density at radius 3 is 2.36 bits per heavy atom. The van der Waals surface area contributed by atoms with E-state index in [4.69, 9.17) is 0 Å². The van der Waals surface area contributed by atoms with Gasteiger partial charge in [-0.1, -0.05) is 6.07 Å². The molecule has 0 saturated carbocycles. The summed E-state index contributed by atoms with van der Waals surface area (Å²) in [5, 5.41) is 1.88. The maximum atomic E-state index is 13.8. The van der Waals surface area contributed by atoms with Crippen molar-refractivity contribution in [3.63, 3.8) is 0 Å². The van der Waals surface area contributed by atoms with Gasteiger partial charge >= 0.3 is 0 Å². The van der Waals surface area contributed by atoms with Crippen LogP contribution in [0.3, 0.4) is 0 Å². The van der Waals surface area contributed by atoms with E-state index in [1.807, 2.05) is 0 Å². The van der Waals surface area contributed by atoms with Gasteiger partial charge in [0.05, 0.1) is 17.8 Å². The summed E-state index contributed by atoms with van der Waals surface area (Å²) in [5.41, 5.74) is -0.615. The molecule has 1 aliphatic heterocycles. The Morgan fingerprint density at radius 2 is 1.77 bits per heavy atom. The molecule has 0 saturated heterocycles. The second-order valence-electron chi connectivity index (χ2n) is 4.73. The Bertz CT molecular complexity index is 893. The van der Waals surface area contributed by atoms with Crippen molar-refractivity contribution in [1.82, 2.24) is 15.3 Å². The normalized spacial score (nSPS) is 13.9. The number of carbonyl (C=O) groups is 1. The zero-order valence-electron chi connectivity index (χ0n) is 11.2. The molecule has 1 N–H and O–H groups in total. The highest BCUT2D eigenvalue weighted by Crippen LogP contribution is 2.28.